The molecule has 0 radical (unpaired) electrons. The summed E-state index contributed by atoms with van der Waals surface area (Å²) >= 11 is 0. The zero-order chi connectivity index (χ0) is 19.0. The molecular weight excluding hydrogens is 338 g/mol. The summed E-state index contributed by atoms with van der Waals surface area (Å²) in [7, 11) is 2.89. The summed E-state index contributed by atoms with van der Waals surface area (Å²) in [6.45, 7) is 5.14. The predicted octanol–water partition coefficient (Wildman–Crippen LogP) is 3.30. The van der Waals surface area contributed by atoms with Gasteiger partial charge in [0, 0.05) is 31.1 Å². The average molecular weight is 360 g/mol. The van der Waals surface area contributed by atoms with E-state index < -0.39 is 0 Å². The summed E-state index contributed by atoms with van der Waals surface area (Å²) in [4.78, 5) is 4.90. The SMILES string of the molecule is CBc1ccc2c(c1)nc(Cc1cnn(C)c1-c1cccc(F)c1)n2CC. The highest BCUT2D eigenvalue weighted by Gasteiger charge is 2.16. The molecule has 27 heavy (non-hydrogen) atoms. The van der Waals surface area contributed by atoms with Gasteiger partial charge < -0.3 is 4.57 Å². The van der Waals surface area contributed by atoms with Crippen LogP contribution in [0.2, 0.25) is 6.82 Å². The van der Waals surface area contributed by atoms with Gasteiger partial charge in [0.15, 0.2) is 7.28 Å². The monoisotopic (exact) mass is 360 g/mol. The maximum absolute atomic E-state index is 13.7. The quantitative estimate of drug-likeness (QED) is 0.512. The number of imidazole rings is 1. The van der Waals surface area contributed by atoms with Crippen molar-refractivity contribution in [3.8, 4) is 11.3 Å². The fourth-order valence-electron chi connectivity index (χ4n) is 3.72. The maximum Gasteiger partial charge on any atom is 0.154 e. The first-order valence-electron chi connectivity index (χ1n) is 9.35. The Kier molecular flexibility index (Phi) is 4.56. The van der Waals surface area contributed by atoms with Crippen LogP contribution in [0.5, 0.6) is 0 Å². The van der Waals surface area contributed by atoms with Gasteiger partial charge in [-0.1, -0.05) is 30.5 Å². The molecule has 0 N–H and O–H groups in total. The van der Waals surface area contributed by atoms with E-state index in [0.29, 0.717) is 6.42 Å². The van der Waals surface area contributed by atoms with E-state index in [1.807, 2.05) is 19.3 Å². The Labute approximate surface area is 158 Å². The van der Waals surface area contributed by atoms with Crippen molar-refractivity contribution in [1.82, 2.24) is 19.3 Å². The fraction of sp³-hybridized carbons (Fsp3) is 0.238. The van der Waals surface area contributed by atoms with Gasteiger partial charge in [-0.3, -0.25) is 4.68 Å². The summed E-state index contributed by atoms with van der Waals surface area (Å²) in [6.07, 6.45) is 2.51. The number of rotatable bonds is 5. The molecule has 0 aliphatic rings. The van der Waals surface area contributed by atoms with E-state index in [4.69, 9.17) is 4.98 Å². The largest absolute Gasteiger partial charge is 0.328 e. The van der Waals surface area contributed by atoms with Crippen LogP contribution in [-0.4, -0.2) is 26.6 Å². The highest BCUT2D eigenvalue weighted by atomic mass is 19.1. The molecule has 4 rings (SSSR count). The van der Waals surface area contributed by atoms with Crippen molar-refractivity contribution in [1.29, 1.82) is 0 Å². The molecule has 4 aromatic rings. The third kappa shape index (κ3) is 3.16. The number of benzene rings is 2. The summed E-state index contributed by atoms with van der Waals surface area (Å²) in [5.74, 6) is 0.763. The van der Waals surface area contributed by atoms with Crippen molar-refractivity contribution in [3.05, 3.63) is 65.9 Å². The van der Waals surface area contributed by atoms with Gasteiger partial charge in [0.1, 0.15) is 11.6 Å². The molecule has 0 unspecified atom stereocenters. The predicted molar refractivity (Wildman–Crippen MR) is 109 cm³/mol. The Morgan fingerprint density at radius 3 is 2.74 bits per heavy atom. The highest BCUT2D eigenvalue weighted by Crippen LogP contribution is 2.27. The molecule has 2 aromatic heterocycles. The van der Waals surface area contributed by atoms with Gasteiger partial charge >= 0.3 is 0 Å². The van der Waals surface area contributed by atoms with Gasteiger partial charge in [-0.15, -0.1) is 0 Å². The number of hydrogen-bond acceptors (Lipinski definition) is 2. The fourth-order valence-corrected chi connectivity index (χ4v) is 3.72. The lowest BCUT2D eigenvalue weighted by Gasteiger charge is -2.09. The van der Waals surface area contributed by atoms with Crippen molar-refractivity contribution in [2.45, 2.75) is 26.7 Å². The first-order chi connectivity index (χ1) is 13.1. The number of halogens is 1. The summed E-state index contributed by atoms with van der Waals surface area (Å²) in [6, 6.07) is 13.2. The Morgan fingerprint density at radius 2 is 2.00 bits per heavy atom. The molecule has 0 saturated carbocycles. The summed E-state index contributed by atoms with van der Waals surface area (Å²) in [5.41, 5.74) is 6.28. The van der Waals surface area contributed by atoms with Crippen LogP contribution in [0.1, 0.15) is 18.3 Å². The number of aryl methyl sites for hydroxylation is 2. The van der Waals surface area contributed by atoms with E-state index in [1.54, 1.807) is 16.8 Å². The number of hydrogen-bond donors (Lipinski definition) is 0. The average Bonchev–Trinajstić information content (AvgIpc) is 3.20. The second kappa shape index (κ2) is 7.03. The molecule has 0 atom stereocenters. The molecule has 0 amide bonds. The van der Waals surface area contributed by atoms with Crippen LogP contribution in [0, 0.1) is 5.82 Å². The number of fused-ring (bicyclic) bond motifs is 1. The molecule has 4 nitrogen and oxygen atoms in total. The second-order valence-corrected chi connectivity index (χ2v) is 6.78. The molecule has 136 valence electrons. The zero-order valence-electron chi connectivity index (χ0n) is 15.9. The van der Waals surface area contributed by atoms with E-state index in [1.165, 1.54) is 11.5 Å². The first kappa shape index (κ1) is 17.5. The van der Waals surface area contributed by atoms with Crippen molar-refractivity contribution >= 4 is 23.8 Å². The van der Waals surface area contributed by atoms with Crippen LogP contribution in [0.3, 0.4) is 0 Å². The van der Waals surface area contributed by atoms with Crippen LogP contribution in [0.25, 0.3) is 22.3 Å². The van der Waals surface area contributed by atoms with Gasteiger partial charge in [0.05, 0.1) is 22.9 Å². The van der Waals surface area contributed by atoms with E-state index in [0.717, 1.165) is 47.5 Å². The number of nitrogens with zero attached hydrogens (tertiary/aromatic N) is 4. The van der Waals surface area contributed by atoms with E-state index >= 15 is 0 Å². The van der Waals surface area contributed by atoms with Crippen LogP contribution in [-0.2, 0) is 20.0 Å². The van der Waals surface area contributed by atoms with Gasteiger partial charge in [0.25, 0.3) is 0 Å². The topological polar surface area (TPSA) is 35.6 Å². The van der Waals surface area contributed by atoms with Crippen LogP contribution in [0.4, 0.5) is 4.39 Å². The minimum atomic E-state index is -0.243. The second-order valence-electron chi connectivity index (χ2n) is 6.78. The smallest absolute Gasteiger partial charge is 0.154 e. The minimum Gasteiger partial charge on any atom is -0.328 e. The van der Waals surface area contributed by atoms with Crippen LogP contribution in [0.15, 0.2) is 48.7 Å². The van der Waals surface area contributed by atoms with Gasteiger partial charge in [-0.25, -0.2) is 9.37 Å². The van der Waals surface area contributed by atoms with Crippen molar-refractivity contribution in [2.24, 2.45) is 7.05 Å². The molecule has 2 heterocycles. The van der Waals surface area contributed by atoms with Crippen molar-refractivity contribution in [2.75, 3.05) is 0 Å². The molecule has 0 saturated heterocycles. The first-order valence-corrected chi connectivity index (χ1v) is 9.35. The molecular formula is C21H22BFN4. The van der Waals surface area contributed by atoms with Crippen molar-refractivity contribution < 1.29 is 4.39 Å². The standard InChI is InChI=1S/C21H22BFN4/c1-4-27-19-9-8-16(22-2)12-18(19)25-20(27)11-15-13-24-26(3)21(15)14-6-5-7-17(23)10-14/h5-10,12-13,22H,4,11H2,1-3H3. The lowest BCUT2D eigenvalue weighted by Crippen LogP contribution is -2.09. The lowest BCUT2D eigenvalue weighted by atomic mass is 9.73. The summed E-state index contributed by atoms with van der Waals surface area (Å²) in [5, 5.41) is 4.41. The zero-order valence-corrected chi connectivity index (χ0v) is 15.9. The molecule has 2 aromatic carbocycles. The Bertz CT molecular complexity index is 1110. The molecule has 6 heteroatoms. The van der Waals surface area contributed by atoms with Crippen LogP contribution >= 0.6 is 0 Å². The molecule has 0 bridgehead atoms. The minimum absolute atomic E-state index is 0.243. The Hall–Kier alpha value is -2.89. The summed E-state index contributed by atoms with van der Waals surface area (Å²) < 4.78 is 17.8. The van der Waals surface area contributed by atoms with E-state index in [-0.39, 0.29) is 5.82 Å². The maximum atomic E-state index is 13.7. The third-order valence-corrected chi connectivity index (χ3v) is 5.08. The third-order valence-electron chi connectivity index (χ3n) is 5.08. The van der Waals surface area contributed by atoms with Gasteiger partial charge in [-0.05, 0) is 31.2 Å². The number of aromatic nitrogens is 4. The normalized spacial score (nSPS) is 11.3. The van der Waals surface area contributed by atoms with Crippen LogP contribution < -0.4 is 5.46 Å². The lowest BCUT2D eigenvalue weighted by molar-refractivity contribution is 0.628. The Morgan fingerprint density at radius 1 is 1.15 bits per heavy atom. The highest BCUT2D eigenvalue weighted by molar-refractivity contribution is 6.52. The van der Waals surface area contributed by atoms with E-state index in [2.05, 4.69) is 41.6 Å². The molecule has 0 aliphatic heterocycles. The molecule has 0 spiro atoms. The van der Waals surface area contributed by atoms with Crippen molar-refractivity contribution in [3.63, 3.8) is 0 Å². The van der Waals surface area contributed by atoms with Gasteiger partial charge in [-0.2, -0.15) is 5.10 Å². The van der Waals surface area contributed by atoms with E-state index in [9.17, 15) is 4.39 Å². The van der Waals surface area contributed by atoms with Gasteiger partial charge in [0.2, 0.25) is 0 Å². The Balaban J connectivity index is 1.79. The molecule has 0 fully saturated rings. The molecule has 0 aliphatic carbocycles.